The van der Waals surface area contributed by atoms with Gasteiger partial charge in [0.25, 0.3) is 0 Å². The van der Waals surface area contributed by atoms with Gasteiger partial charge < -0.3 is 9.64 Å². The Morgan fingerprint density at radius 3 is 2.71 bits per heavy atom. The van der Waals surface area contributed by atoms with E-state index in [9.17, 15) is 4.79 Å². The molecule has 6 nitrogen and oxygen atoms in total. The summed E-state index contributed by atoms with van der Waals surface area (Å²) in [5, 5.41) is 3.57. The van der Waals surface area contributed by atoms with E-state index in [4.69, 9.17) is 10.3 Å². The Bertz CT molecular complexity index is 782. The van der Waals surface area contributed by atoms with Crippen molar-refractivity contribution >= 4 is 11.6 Å². The lowest BCUT2D eigenvalue weighted by Gasteiger charge is -2.17. The van der Waals surface area contributed by atoms with E-state index >= 15 is 0 Å². The smallest absolute Gasteiger partial charge is 0.227 e. The molecule has 1 fully saturated rings. The van der Waals surface area contributed by atoms with Crippen LogP contribution in [0, 0.1) is 12.8 Å². The molecule has 24 heavy (non-hydrogen) atoms. The van der Waals surface area contributed by atoms with Gasteiger partial charge in [0.15, 0.2) is 0 Å². The van der Waals surface area contributed by atoms with Gasteiger partial charge in [0.1, 0.15) is 11.5 Å². The van der Waals surface area contributed by atoms with Crippen molar-refractivity contribution in [2.45, 2.75) is 13.3 Å². The SMILES string of the molecule is Cc1ccccc1Oc1ccc(N2CC(CN=[N+]=[N-])CC2=O)cc1. The number of rotatable bonds is 5. The van der Waals surface area contributed by atoms with Gasteiger partial charge in [-0.05, 0) is 54.3 Å². The monoisotopic (exact) mass is 322 g/mol. The van der Waals surface area contributed by atoms with Crippen molar-refractivity contribution in [3.05, 3.63) is 64.5 Å². The van der Waals surface area contributed by atoms with Gasteiger partial charge in [-0.15, -0.1) is 0 Å². The number of hydrogen-bond donors (Lipinski definition) is 0. The Labute approximate surface area is 140 Å². The van der Waals surface area contributed by atoms with E-state index in [0.29, 0.717) is 19.5 Å². The summed E-state index contributed by atoms with van der Waals surface area (Å²) in [5.41, 5.74) is 10.3. The summed E-state index contributed by atoms with van der Waals surface area (Å²) < 4.78 is 5.87. The number of benzene rings is 2. The maximum atomic E-state index is 12.1. The third kappa shape index (κ3) is 3.50. The fourth-order valence-electron chi connectivity index (χ4n) is 2.80. The van der Waals surface area contributed by atoms with Crippen molar-refractivity contribution in [1.82, 2.24) is 0 Å². The summed E-state index contributed by atoms with van der Waals surface area (Å²) in [7, 11) is 0. The molecule has 2 aromatic rings. The van der Waals surface area contributed by atoms with Crippen molar-refractivity contribution in [3.8, 4) is 11.5 Å². The molecule has 0 N–H and O–H groups in total. The van der Waals surface area contributed by atoms with Gasteiger partial charge in [-0.2, -0.15) is 0 Å². The minimum atomic E-state index is 0.0562. The molecule has 0 aliphatic carbocycles. The van der Waals surface area contributed by atoms with Gasteiger partial charge in [-0.1, -0.05) is 23.3 Å². The number of anilines is 1. The van der Waals surface area contributed by atoms with Crippen molar-refractivity contribution in [2.75, 3.05) is 18.0 Å². The molecule has 6 heteroatoms. The summed E-state index contributed by atoms with van der Waals surface area (Å²) in [5.74, 6) is 1.68. The molecule has 0 radical (unpaired) electrons. The van der Waals surface area contributed by atoms with Crippen LogP contribution in [0.25, 0.3) is 10.4 Å². The number of hydrogen-bond acceptors (Lipinski definition) is 3. The van der Waals surface area contributed by atoms with Crippen LogP contribution < -0.4 is 9.64 Å². The fraction of sp³-hybridized carbons (Fsp3) is 0.278. The van der Waals surface area contributed by atoms with Crippen LogP contribution in [0.5, 0.6) is 11.5 Å². The summed E-state index contributed by atoms with van der Waals surface area (Å²) in [6, 6.07) is 15.3. The molecule has 1 aliphatic heterocycles. The number of nitrogens with zero attached hydrogens (tertiary/aromatic N) is 4. The van der Waals surface area contributed by atoms with Crippen molar-refractivity contribution in [2.24, 2.45) is 11.0 Å². The molecule has 1 amide bonds. The van der Waals surface area contributed by atoms with Crippen LogP contribution in [0.4, 0.5) is 5.69 Å². The average Bonchev–Trinajstić information content (AvgIpc) is 2.96. The number of ether oxygens (including phenoxy) is 1. The van der Waals surface area contributed by atoms with Gasteiger partial charge in [-0.3, -0.25) is 4.79 Å². The first-order chi connectivity index (χ1) is 11.7. The number of amides is 1. The second-order valence-electron chi connectivity index (χ2n) is 5.85. The molecule has 0 bridgehead atoms. The lowest BCUT2D eigenvalue weighted by Crippen LogP contribution is -2.24. The number of aryl methyl sites for hydroxylation is 1. The predicted molar refractivity (Wildman–Crippen MR) is 92.2 cm³/mol. The summed E-state index contributed by atoms with van der Waals surface area (Å²) in [4.78, 5) is 16.6. The molecule has 0 aromatic heterocycles. The van der Waals surface area contributed by atoms with Crippen LogP contribution in [-0.4, -0.2) is 19.0 Å². The Morgan fingerprint density at radius 2 is 2.00 bits per heavy atom. The van der Waals surface area contributed by atoms with Gasteiger partial charge >= 0.3 is 0 Å². The molecule has 2 aromatic carbocycles. The maximum absolute atomic E-state index is 12.1. The Morgan fingerprint density at radius 1 is 1.25 bits per heavy atom. The lowest BCUT2D eigenvalue weighted by atomic mass is 10.1. The van der Waals surface area contributed by atoms with Crippen LogP contribution in [0.15, 0.2) is 53.6 Å². The number of carbonyl (C=O) groups is 1. The van der Waals surface area contributed by atoms with E-state index in [2.05, 4.69) is 10.0 Å². The van der Waals surface area contributed by atoms with Crippen LogP contribution >= 0.6 is 0 Å². The zero-order valence-corrected chi connectivity index (χ0v) is 13.4. The van der Waals surface area contributed by atoms with Crippen LogP contribution in [0.2, 0.25) is 0 Å². The first-order valence-electron chi connectivity index (χ1n) is 7.82. The zero-order valence-electron chi connectivity index (χ0n) is 13.4. The molecule has 1 atom stereocenters. The molecule has 0 saturated carbocycles. The molecule has 3 rings (SSSR count). The fourth-order valence-corrected chi connectivity index (χ4v) is 2.80. The molecular weight excluding hydrogens is 304 g/mol. The maximum Gasteiger partial charge on any atom is 0.227 e. The highest BCUT2D eigenvalue weighted by Gasteiger charge is 2.29. The lowest BCUT2D eigenvalue weighted by molar-refractivity contribution is -0.117. The average molecular weight is 322 g/mol. The van der Waals surface area contributed by atoms with Gasteiger partial charge in [0.05, 0.1) is 0 Å². The second kappa shape index (κ2) is 7.06. The van der Waals surface area contributed by atoms with E-state index in [-0.39, 0.29) is 11.8 Å². The molecule has 122 valence electrons. The molecule has 0 spiro atoms. The minimum Gasteiger partial charge on any atom is -0.457 e. The van der Waals surface area contributed by atoms with Crippen LogP contribution in [-0.2, 0) is 4.79 Å². The highest BCUT2D eigenvalue weighted by Crippen LogP contribution is 2.29. The van der Waals surface area contributed by atoms with E-state index in [1.54, 1.807) is 4.90 Å². The summed E-state index contributed by atoms with van der Waals surface area (Å²) in [6.45, 7) is 2.93. The second-order valence-corrected chi connectivity index (χ2v) is 5.85. The Balaban J connectivity index is 1.69. The van der Waals surface area contributed by atoms with Gasteiger partial charge in [0, 0.05) is 30.1 Å². The number of para-hydroxylation sites is 1. The van der Waals surface area contributed by atoms with Gasteiger partial charge in [0.2, 0.25) is 5.91 Å². The highest BCUT2D eigenvalue weighted by molar-refractivity contribution is 5.95. The number of carbonyl (C=O) groups excluding carboxylic acids is 1. The highest BCUT2D eigenvalue weighted by atomic mass is 16.5. The van der Waals surface area contributed by atoms with Crippen LogP contribution in [0.1, 0.15) is 12.0 Å². The first kappa shape index (κ1) is 15.9. The van der Waals surface area contributed by atoms with E-state index in [1.165, 1.54) is 0 Å². The van der Waals surface area contributed by atoms with E-state index in [1.807, 2.05) is 55.5 Å². The molecule has 1 unspecified atom stereocenters. The Hall–Kier alpha value is -2.98. The largest absolute Gasteiger partial charge is 0.457 e. The van der Waals surface area contributed by atoms with E-state index < -0.39 is 0 Å². The van der Waals surface area contributed by atoms with Crippen molar-refractivity contribution < 1.29 is 9.53 Å². The van der Waals surface area contributed by atoms with Crippen LogP contribution in [0.3, 0.4) is 0 Å². The normalized spacial score (nSPS) is 16.8. The molecule has 1 saturated heterocycles. The third-order valence-corrected chi connectivity index (χ3v) is 4.08. The standard InChI is InChI=1S/C18H18N4O2/c1-13-4-2-3-5-17(13)24-16-8-6-15(7-9-16)22-12-14(10-18(22)23)11-20-21-19/h2-9,14H,10-12H2,1H3. The summed E-state index contributed by atoms with van der Waals surface area (Å²) in [6.07, 6.45) is 0.417. The summed E-state index contributed by atoms with van der Waals surface area (Å²) >= 11 is 0. The first-order valence-corrected chi connectivity index (χ1v) is 7.82. The topological polar surface area (TPSA) is 78.3 Å². The number of azide groups is 1. The molecular formula is C18H18N4O2. The quantitative estimate of drug-likeness (QED) is 0.463. The van der Waals surface area contributed by atoms with E-state index in [0.717, 1.165) is 22.7 Å². The predicted octanol–water partition coefficient (Wildman–Crippen LogP) is 4.45. The minimum absolute atomic E-state index is 0.0562. The third-order valence-electron chi connectivity index (χ3n) is 4.08. The molecule has 1 aliphatic rings. The van der Waals surface area contributed by atoms with Gasteiger partial charge in [-0.25, -0.2) is 0 Å². The zero-order chi connectivity index (χ0) is 16.9. The van der Waals surface area contributed by atoms with Crippen molar-refractivity contribution in [3.63, 3.8) is 0 Å². The Kier molecular flexibility index (Phi) is 4.68. The molecule has 1 heterocycles. The van der Waals surface area contributed by atoms with Crippen molar-refractivity contribution in [1.29, 1.82) is 0 Å².